The minimum atomic E-state index is 0.110. The van der Waals surface area contributed by atoms with Crippen LogP contribution in [0.4, 0.5) is 0 Å². The van der Waals surface area contributed by atoms with E-state index in [9.17, 15) is 0 Å². The third-order valence-electron chi connectivity index (χ3n) is 4.17. The largest absolute Gasteiger partial charge is 0.322 e. The average molecular weight is 204 g/mol. The van der Waals surface area contributed by atoms with Crippen LogP contribution in [-0.4, -0.2) is 4.98 Å². The van der Waals surface area contributed by atoms with Crippen molar-refractivity contribution in [1.29, 1.82) is 0 Å². The van der Waals surface area contributed by atoms with E-state index in [-0.39, 0.29) is 11.5 Å². The number of nitrogens with zero attached hydrogens (tertiary/aromatic N) is 1. The fourth-order valence-corrected chi connectivity index (χ4v) is 2.93. The lowest BCUT2D eigenvalue weighted by atomic mass is 9.70. The second-order valence-corrected chi connectivity index (χ2v) is 4.94. The topological polar surface area (TPSA) is 38.9 Å². The Hall–Kier alpha value is -0.890. The SMILES string of the molecule is CCC1(C(C)C)Cc2cccnc2[C@H]1N. The van der Waals surface area contributed by atoms with E-state index in [2.05, 4.69) is 31.8 Å². The summed E-state index contributed by atoms with van der Waals surface area (Å²) in [6.45, 7) is 6.79. The maximum atomic E-state index is 6.37. The number of rotatable bonds is 2. The summed E-state index contributed by atoms with van der Waals surface area (Å²) in [5, 5.41) is 0. The molecule has 1 aliphatic carbocycles. The zero-order valence-corrected chi connectivity index (χ0v) is 9.83. The molecule has 82 valence electrons. The van der Waals surface area contributed by atoms with Gasteiger partial charge in [-0.15, -0.1) is 0 Å². The molecule has 0 aliphatic heterocycles. The zero-order chi connectivity index (χ0) is 11.1. The molecule has 0 amide bonds. The smallest absolute Gasteiger partial charge is 0.0609 e. The first-order valence-corrected chi connectivity index (χ1v) is 5.81. The molecule has 1 aromatic heterocycles. The molecule has 0 radical (unpaired) electrons. The van der Waals surface area contributed by atoms with Gasteiger partial charge < -0.3 is 5.73 Å². The first-order valence-electron chi connectivity index (χ1n) is 5.81. The second-order valence-electron chi connectivity index (χ2n) is 4.94. The Morgan fingerprint density at radius 1 is 1.60 bits per heavy atom. The van der Waals surface area contributed by atoms with Gasteiger partial charge in [0.1, 0.15) is 0 Å². The van der Waals surface area contributed by atoms with Gasteiger partial charge in [-0.3, -0.25) is 4.98 Å². The molecule has 2 atom stereocenters. The maximum Gasteiger partial charge on any atom is 0.0609 e. The Labute approximate surface area is 91.9 Å². The van der Waals surface area contributed by atoms with Gasteiger partial charge in [-0.25, -0.2) is 0 Å². The number of pyridine rings is 1. The molecule has 15 heavy (non-hydrogen) atoms. The van der Waals surface area contributed by atoms with Crippen LogP contribution in [-0.2, 0) is 6.42 Å². The third kappa shape index (κ3) is 1.39. The third-order valence-corrected chi connectivity index (χ3v) is 4.17. The summed E-state index contributed by atoms with van der Waals surface area (Å²) >= 11 is 0. The molecule has 0 bridgehead atoms. The first kappa shape index (κ1) is 10.6. The Balaban J connectivity index is 2.44. The van der Waals surface area contributed by atoms with Crippen molar-refractivity contribution in [2.75, 3.05) is 0 Å². The van der Waals surface area contributed by atoms with Crippen LogP contribution in [0.25, 0.3) is 0 Å². The van der Waals surface area contributed by atoms with Crippen molar-refractivity contribution < 1.29 is 0 Å². The molecular formula is C13H20N2. The number of aromatic nitrogens is 1. The molecule has 2 N–H and O–H groups in total. The standard InChI is InChI=1S/C13H20N2/c1-4-13(9(2)3)8-10-6-5-7-15-11(10)12(13)14/h5-7,9,12H,4,8,14H2,1-3H3/t12-,13?/m1/s1. The number of fused-ring (bicyclic) bond motifs is 1. The normalized spacial score (nSPS) is 29.5. The van der Waals surface area contributed by atoms with Crippen molar-refractivity contribution in [1.82, 2.24) is 4.98 Å². The minimum absolute atomic E-state index is 0.110. The summed E-state index contributed by atoms with van der Waals surface area (Å²) < 4.78 is 0. The van der Waals surface area contributed by atoms with E-state index in [1.807, 2.05) is 12.3 Å². The summed E-state index contributed by atoms with van der Waals surface area (Å²) in [6, 6.07) is 4.29. The fraction of sp³-hybridized carbons (Fsp3) is 0.615. The van der Waals surface area contributed by atoms with Crippen molar-refractivity contribution in [2.24, 2.45) is 17.1 Å². The van der Waals surface area contributed by atoms with Crippen LogP contribution in [0.3, 0.4) is 0 Å². The lowest BCUT2D eigenvalue weighted by molar-refractivity contribution is 0.150. The highest BCUT2D eigenvalue weighted by Crippen LogP contribution is 2.50. The highest BCUT2D eigenvalue weighted by Gasteiger charge is 2.45. The monoisotopic (exact) mass is 204 g/mol. The van der Waals surface area contributed by atoms with Crippen LogP contribution >= 0.6 is 0 Å². The Kier molecular flexibility index (Phi) is 2.55. The zero-order valence-electron chi connectivity index (χ0n) is 9.83. The molecule has 0 saturated carbocycles. The minimum Gasteiger partial charge on any atom is -0.322 e. The summed E-state index contributed by atoms with van der Waals surface area (Å²) in [5.74, 6) is 0.603. The molecule has 0 fully saturated rings. The summed E-state index contributed by atoms with van der Waals surface area (Å²) in [4.78, 5) is 4.44. The van der Waals surface area contributed by atoms with E-state index in [1.165, 1.54) is 5.56 Å². The average Bonchev–Trinajstić information content (AvgIpc) is 2.53. The van der Waals surface area contributed by atoms with Gasteiger partial charge >= 0.3 is 0 Å². The predicted molar refractivity (Wildman–Crippen MR) is 62.4 cm³/mol. The Morgan fingerprint density at radius 2 is 2.33 bits per heavy atom. The molecule has 1 aliphatic rings. The highest BCUT2D eigenvalue weighted by atomic mass is 14.8. The highest BCUT2D eigenvalue weighted by molar-refractivity contribution is 5.32. The van der Waals surface area contributed by atoms with Crippen molar-refractivity contribution in [3.8, 4) is 0 Å². The van der Waals surface area contributed by atoms with Crippen LogP contribution in [0.5, 0.6) is 0 Å². The Morgan fingerprint density at radius 3 is 2.87 bits per heavy atom. The molecule has 1 aromatic rings. The predicted octanol–water partition coefficient (Wildman–Crippen LogP) is 2.69. The van der Waals surface area contributed by atoms with Gasteiger partial charge in [0.25, 0.3) is 0 Å². The molecule has 1 unspecified atom stereocenters. The van der Waals surface area contributed by atoms with Crippen molar-refractivity contribution in [3.05, 3.63) is 29.6 Å². The molecule has 0 saturated heterocycles. The summed E-state index contributed by atoms with van der Waals surface area (Å²) in [5.41, 5.74) is 9.06. The van der Waals surface area contributed by atoms with Crippen LogP contribution in [0.2, 0.25) is 0 Å². The van der Waals surface area contributed by atoms with E-state index in [0.717, 1.165) is 18.5 Å². The molecule has 1 heterocycles. The lowest BCUT2D eigenvalue weighted by Gasteiger charge is -2.36. The van der Waals surface area contributed by atoms with Gasteiger partial charge in [0.05, 0.1) is 11.7 Å². The van der Waals surface area contributed by atoms with Crippen molar-refractivity contribution in [3.63, 3.8) is 0 Å². The van der Waals surface area contributed by atoms with Gasteiger partial charge in [-0.05, 0) is 35.8 Å². The van der Waals surface area contributed by atoms with Gasteiger partial charge in [0, 0.05) is 6.20 Å². The summed E-state index contributed by atoms with van der Waals surface area (Å²) in [7, 11) is 0. The fourth-order valence-electron chi connectivity index (χ4n) is 2.93. The quantitative estimate of drug-likeness (QED) is 0.804. The number of hydrogen-bond acceptors (Lipinski definition) is 2. The molecule has 2 rings (SSSR count). The first-order chi connectivity index (χ1) is 7.12. The van der Waals surface area contributed by atoms with E-state index in [4.69, 9.17) is 5.73 Å². The van der Waals surface area contributed by atoms with Crippen LogP contribution in [0, 0.1) is 11.3 Å². The van der Waals surface area contributed by atoms with E-state index >= 15 is 0 Å². The summed E-state index contributed by atoms with van der Waals surface area (Å²) in [6.07, 6.45) is 4.07. The maximum absolute atomic E-state index is 6.37. The molecule has 0 spiro atoms. The van der Waals surface area contributed by atoms with Gasteiger partial charge in [-0.2, -0.15) is 0 Å². The van der Waals surface area contributed by atoms with Crippen LogP contribution < -0.4 is 5.73 Å². The second kappa shape index (κ2) is 3.60. The molecule has 0 aromatic carbocycles. The number of nitrogens with two attached hydrogens (primary N) is 1. The Bertz CT molecular complexity index is 359. The van der Waals surface area contributed by atoms with E-state index < -0.39 is 0 Å². The number of hydrogen-bond donors (Lipinski definition) is 1. The van der Waals surface area contributed by atoms with Gasteiger partial charge in [0.2, 0.25) is 0 Å². The van der Waals surface area contributed by atoms with Crippen molar-refractivity contribution >= 4 is 0 Å². The van der Waals surface area contributed by atoms with Gasteiger partial charge in [-0.1, -0.05) is 26.8 Å². The van der Waals surface area contributed by atoms with E-state index in [0.29, 0.717) is 5.92 Å². The molecule has 2 nitrogen and oxygen atoms in total. The molecular weight excluding hydrogens is 184 g/mol. The van der Waals surface area contributed by atoms with E-state index in [1.54, 1.807) is 0 Å². The van der Waals surface area contributed by atoms with Crippen LogP contribution in [0.1, 0.15) is 44.5 Å². The van der Waals surface area contributed by atoms with Gasteiger partial charge in [0.15, 0.2) is 0 Å². The molecule has 2 heteroatoms. The van der Waals surface area contributed by atoms with Crippen LogP contribution in [0.15, 0.2) is 18.3 Å². The lowest BCUT2D eigenvalue weighted by Crippen LogP contribution is -2.36. The van der Waals surface area contributed by atoms with Crippen molar-refractivity contribution in [2.45, 2.75) is 39.7 Å².